The van der Waals surface area contributed by atoms with Crippen LogP contribution < -0.4 is 0 Å². The largest absolute Gasteiger partial charge is 0.394 e. The Labute approximate surface area is 138 Å². The summed E-state index contributed by atoms with van der Waals surface area (Å²) >= 11 is 0. The first-order chi connectivity index (χ1) is 10.7. The maximum absolute atomic E-state index is 9.50. The molecule has 0 heterocycles. The molecule has 134 valence electrons. The topological polar surface area (TPSA) is 60.7 Å². The van der Waals surface area contributed by atoms with Gasteiger partial charge in [-0.15, -0.1) is 0 Å². The molecule has 0 radical (unpaired) electrons. The van der Waals surface area contributed by atoms with E-state index in [4.69, 9.17) is 5.11 Å². The lowest BCUT2D eigenvalue weighted by molar-refractivity contribution is -0.0185. The van der Waals surface area contributed by atoms with Crippen molar-refractivity contribution in [3.8, 4) is 0 Å². The van der Waals surface area contributed by atoms with Crippen LogP contribution in [0.5, 0.6) is 0 Å². The van der Waals surface area contributed by atoms with E-state index in [2.05, 4.69) is 6.92 Å². The lowest BCUT2D eigenvalue weighted by atomic mass is 10.0. The summed E-state index contributed by atoms with van der Waals surface area (Å²) in [6, 6.07) is 0. The normalized spacial score (nSPS) is 14.2. The van der Waals surface area contributed by atoms with Crippen LogP contribution in [-0.2, 0) is 0 Å². The minimum atomic E-state index is -0.970. The molecule has 0 saturated carbocycles. The Morgan fingerprint density at radius 1 is 0.545 bits per heavy atom. The summed E-state index contributed by atoms with van der Waals surface area (Å²) in [6.07, 6.45) is 17.3. The van der Waals surface area contributed by atoms with Crippen LogP contribution in [-0.4, -0.2) is 34.1 Å². The van der Waals surface area contributed by atoms with E-state index in [1.807, 2.05) is 0 Å². The van der Waals surface area contributed by atoms with Gasteiger partial charge in [-0.05, 0) is 6.42 Å². The fraction of sp³-hybridized carbons (Fsp3) is 1.00. The van der Waals surface area contributed by atoms with Crippen molar-refractivity contribution in [1.29, 1.82) is 0 Å². The number of rotatable bonds is 17. The van der Waals surface area contributed by atoms with Crippen LogP contribution in [0, 0.1) is 0 Å². The predicted octanol–water partition coefficient (Wildman–Crippen LogP) is 4.57. The van der Waals surface area contributed by atoms with Gasteiger partial charge in [0.2, 0.25) is 0 Å². The highest BCUT2D eigenvalue weighted by atomic mass is 16.4. The van der Waals surface area contributed by atoms with Crippen LogP contribution in [0.25, 0.3) is 0 Å². The van der Waals surface area contributed by atoms with Gasteiger partial charge in [0.1, 0.15) is 6.10 Å². The van der Waals surface area contributed by atoms with E-state index in [1.54, 1.807) is 0 Å². The van der Waals surface area contributed by atoms with Crippen LogP contribution in [0.2, 0.25) is 0 Å². The van der Waals surface area contributed by atoms with Crippen LogP contribution in [0.15, 0.2) is 0 Å². The zero-order valence-corrected chi connectivity index (χ0v) is 14.8. The van der Waals surface area contributed by atoms with E-state index in [0.29, 0.717) is 6.42 Å². The lowest BCUT2D eigenvalue weighted by Crippen LogP contribution is -2.28. The van der Waals surface area contributed by atoms with Gasteiger partial charge in [0, 0.05) is 0 Å². The molecule has 0 fully saturated rings. The highest BCUT2D eigenvalue weighted by molar-refractivity contribution is 4.65. The summed E-state index contributed by atoms with van der Waals surface area (Å²) in [5.41, 5.74) is 0. The molecule has 22 heavy (non-hydrogen) atoms. The molecule has 0 rings (SSSR count). The number of aliphatic hydroxyl groups is 3. The molecule has 0 bridgehead atoms. The zero-order chi connectivity index (χ0) is 16.5. The van der Waals surface area contributed by atoms with E-state index in [9.17, 15) is 10.2 Å². The van der Waals surface area contributed by atoms with Crippen molar-refractivity contribution in [2.75, 3.05) is 6.61 Å². The maximum atomic E-state index is 9.50. The first kappa shape index (κ1) is 21.9. The third-order valence-corrected chi connectivity index (χ3v) is 4.48. The predicted molar refractivity (Wildman–Crippen MR) is 94.0 cm³/mol. The first-order valence-corrected chi connectivity index (χ1v) is 9.69. The van der Waals surface area contributed by atoms with E-state index < -0.39 is 12.2 Å². The van der Waals surface area contributed by atoms with Gasteiger partial charge in [0.25, 0.3) is 0 Å². The molecule has 0 aromatic heterocycles. The average molecular weight is 317 g/mol. The number of aliphatic hydroxyl groups excluding tert-OH is 3. The molecular formula is C19H40O3. The second-order valence-electron chi connectivity index (χ2n) is 6.70. The van der Waals surface area contributed by atoms with Crippen molar-refractivity contribution in [1.82, 2.24) is 0 Å². The van der Waals surface area contributed by atoms with Crippen LogP contribution in [0.3, 0.4) is 0 Å². The van der Waals surface area contributed by atoms with Crippen molar-refractivity contribution < 1.29 is 15.3 Å². The van der Waals surface area contributed by atoms with Crippen molar-refractivity contribution in [3.63, 3.8) is 0 Å². The van der Waals surface area contributed by atoms with Crippen molar-refractivity contribution in [2.45, 2.75) is 115 Å². The smallest absolute Gasteiger partial charge is 0.103 e. The van der Waals surface area contributed by atoms with Gasteiger partial charge in [0.05, 0.1) is 12.7 Å². The summed E-state index contributed by atoms with van der Waals surface area (Å²) in [6.45, 7) is 1.92. The zero-order valence-electron chi connectivity index (χ0n) is 14.8. The van der Waals surface area contributed by atoms with E-state index in [1.165, 1.54) is 77.0 Å². The average Bonchev–Trinajstić information content (AvgIpc) is 2.54. The molecule has 3 nitrogen and oxygen atoms in total. The molecule has 0 saturated heterocycles. The second-order valence-corrected chi connectivity index (χ2v) is 6.70. The number of unbranched alkanes of at least 4 members (excludes halogenated alkanes) is 13. The number of hydrogen-bond acceptors (Lipinski definition) is 3. The first-order valence-electron chi connectivity index (χ1n) is 9.69. The molecule has 2 atom stereocenters. The standard InChI is InChI=1S/C19H40O3/c1-2-3-4-5-6-7-8-9-10-11-12-13-14-15-16-18(21)19(22)17-20/h18-22H,2-17H2,1H3. The Bertz CT molecular complexity index is 209. The Kier molecular flexibility index (Phi) is 17.1. The fourth-order valence-electron chi connectivity index (χ4n) is 2.86. The SMILES string of the molecule is CCCCCCCCCCCCCCCCC(O)C(O)CO. The Morgan fingerprint density at radius 3 is 1.27 bits per heavy atom. The highest BCUT2D eigenvalue weighted by Crippen LogP contribution is 2.14. The molecular weight excluding hydrogens is 276 g/mol. The fourth-order valence-corrected chi connectivity index (χ4v) is 2.86. The summed E-state index contributed by atoms with van der Waals surface area (Å²) in [7, 11) is 0. The van der Waals surface area contributed by atoms with Crippen molar-refractivity contribution in [2.24, 2.45) is 0 Å². The molecule has 0 aliphatic heterocycles. The highest BCUT2D eigenvalue weighted by Gasteiger charge is 2.13. The molecule has 3 N–H and O–H groups in total. The second kappa shape index (κ2) is 17.2. The van der Waals surface area contributed by atoms with Gasteiger partial charge in [-0.25, -0.2) is 0 Å². The molecule has 3 heteroatoms. The Balaban J connectivity index is 3.08. The Hall–Kier alpha value is -0.120. The van der Waals surface area contributed by atoms with Gasteiger partial charge >= 0.3 is 0 Å². The molecule has 0 aromatic carbocycles. The van der Waals surface area contributed by atoms with E-state index in [0.717, 1.165) is 12.8 Å². The van der Waals surface area contributed by atoms with Crippen molar-refractivity contribution in [3.05, 3.63) is 0 Å². The minimum Gasteiger partial charge on any atom is -0.394 e. The summed E-state index contributed by atoms with van der Waals surface area (Å²) < 4.78 is 0. The summed E-state index contributed by atoms with van der Waals surface area (Å²) in [4.78, 5) is 0. The maximum Gasteiger partial charge on any atom is 0.103 e. The lowest BCUT2D eigenvalue weighted by Gasteiger charge is -2.14. The third kappa shape index (κ3) is 14.8. The minimum absolute atomic E-state index is 0.347. The van der Waals surface area contributed by atoms with Gasteiger partial charge in [-0.2, -0.15) is 0 Å². The number of hydrogen-bond donors (Lipinski definition) is 3. The van der Waals surface area contributed by atoms with Gasteiger partial charge in [-0.3, -0.25) is 0 Å². The summed E-state index contributed by atoms with van der Waals surface area (Å²) in [5.74, 6) is 0. The van der Waals surface area contributed by atoms with Gasteiger partial charge in [-0.1, -0.05) is 96.8 Å². The molecule has 0 amide bonds. The van der Waals surface area contributed by atoms with E-state index in [-0.39, 0.29) is 6.61 Å². The third-order valence-electron chi connectivity index (χ3n) is 4.48. The van der Waals surface area contributed by atoms with Gasteiger partial charge in [0.15, 0.2) is 0 Å². The molecule has 0 aromatic rings. The van der Waals surface area contributed by atoms with Gasteiger partial charge < -0.3 is 15.3 Å². The molecule has 0 spiro atoms. The molecule has 2 unspecified atom stereocenters. The molecule has 0 aliphatic carbocycles. The van der Waals surface area contributed by atoms with Crippen LogP contribution in [0.4, 0.5) is 0 Å². The van der Waals surface area contributed by atoms with Crippen LogP contribution in [0.1, 0.15) is 103 Å². The monoisotopic (exact) mass is 316 g/mol. The van der Waals surface area contributed by atoms with Crippen LogP contribution >= 0.6 is 0 Å². The summed E-state index contributed by atoms with van der Waals surface area (Å²) in [5, 5.41) is 27.4. The van der Waals surface area contributed by atoms with E-state index >= 15 is 0 Å². The Morgan fingerprint density at radius 2 is 0.909 bits per heavy atom. The molecule has 0 aliphatic rings. The quantitative estimate of drug-likeness (QED) is 0.344. The van der Waals surface area contributed by atoms with Crippen molar-refractivity contribution >= 4 is 0 Å².